The average molecular weight is 338 g/mol. The lowest BCUT2D eigenvalue weighted by Gasteiger charge is -2.30. The van der Waals surface area contributed by atoms with E-state index in [1.54, 1.807) is 12.1 Å². The van der Waals surface area contributed by atoms with Gasteiger partial charge in [0.1, 0.15) is 13.1 Å². The summed E-state index contributed by atoms with van der Waals surface area (Å²) in [7, 11) is 1.48. The van der Waals surface area contributed by atoms with Gasteiger partial charge in [0, 0.05) is 18.6 Å². The zero-order chi connectivity index (χ0) is 16.8. The number of carboxylic acids is 1. The largest absolute Gasteiger partial charge is 0.480 e. The Balaban J connectivity index is 2.13. The van der Waals surface area contributed by atoms with E-state index in [1.165, 1.54) is 28.7 Å². The number of rotatable bonds is 7. The SMILES string of the molecule is COCCN(CC(=O)O)C(=O)CN1C(=O)CSc2ccccc21. The minimum absolute atomic E-state index is 0.163. The summed E-state index contributed by atoms with van der Waals surface area (Å²) in [6, 6.07) is 7.35. The van der Waals surface area contributed by atoms with E-state index in [2.05, 4.69) is 0 Å². The van der Waals surface area contributed by atoms with E-state index in [0.29, 0.717) is 5.69 Å². The maximum atomic E-state index is 12.4. The molecule has 124 valence electrons. The Morgan fingerprint density at radius 2 is 2.13 bits per heavy atom. The zero-order valence-corrected chi connectivity index (χ0v) is 13.5. The minimum atomic E-state index is -1.10. The van der Waals surface area contributed by atoms with Crippen molar-refractivity contribution < 1.29 is 24.2 Å². The van der Waals surface area contributed by atoms with E-state index >= 15 is 0 Å². The molecule has 0 fully saturated rings. The number of methoxy groups -OCH3 is 1. The molecule has 1 aromatic carbocycles. The summed E-state index contributed by atoms with van der Waals surface area (Å²) in [5, 5.41) is 8.93. The number of carbonyl (C=O) groups excluding carboxylic acids is 2. The average Bonchev–Trinajstić information content (AvgIpc) is 2.53. The molecule has 2 amide bonds. The van der Waals surface area contributed by atoms with E-state index < -0.39 is 18.4 Å². The lowest BCUT2D eigenvalue weighted by atomic mass is 10.2. The van der Waals surface area contributed by atoms with Gasteiger partial charge in [0.15, 0.2) is 0 Å². The van der Waals surface area contributed by atoms with Crippen molar-refractivity contribution in [1.82, 2.24) is 4.90 Å². The number of fused-ring (bicyclic) bond motifs is 1. The molecule has 0 radical (unpaired) electrons. The maximum Gasteiger partial charge on any atom is 0.323 e. The second-order valence-electron chi connectivity index (χ2n) is 4.94. The Bertz CT molecular complexity index is 607. The summed E-state index contributed by atoms with van der Waals surface area (Å²) in [4.78, 5) is 39.0. The van der Waals surface area contributed by atoms with Gasteiger partial charge in [0.2, 0.25) is 11.8 Å². The highest BCUT2D eigenvalue weighted by atomic mass is 32.2. The van der Waals surface area contributed by atoms with Gasteiger partial charge in [-0.2, -0.15) is 0 Å². The van der Waals surface area contributed by atoms with Crippen LogP contribution in [-0.4, -0.2) is 66.9 Å². The molecule has 23 heavy (non-hydrogen) atoms. The Hall–Kier alpha value is -2.06. The number of carboxylic acid groups (broad SMARTS) is 1. The van der Waals surface area contributed by atoms with Crippen LogP contribution in [0.1, 0.15) is 0 Å². The number of carbonyl (C=O) groups is 3. The molecular weight excluding hydrogens is 320 g/mol. The number of hydrogen-bond acceptors (Lipinski definition) is 5. The lowest BCUT2D eigenvalue weighted by Crippen LogP contribution is -2.47. The fourth-order valence-corrected chi connectivity index (χ4v) is 3.15. The third-order valence-corrected chi connectivity index (χ3v) is 4.39. The third-order valence-electron chi connectivity index (χ3n) is 3.35. The fourth-order valence-electron chi connectivity index (χ4n) is 2.22. The van der Waals surface area contributed by atoms with E-state index in [-0.39, 0.29) is 31.4 Å². The van der Waals surface area contributed by atoms with Crippen LogP contribution < -0.4 is 4.90 Å². The number of anilines is 1. The molecule has 0 bridgehead atoms. The normalized spacial score (nSPS) is 13.6. The van der Waals surface area contributed by atoms with Gasteiger partial charge in [-0.05, 0) is 12.1 Å². The maximum absolute atomic E-state index is 12.4. The molecule has 8 heteroatoms. The summed E-state index contributed by atoms with van der Waals surface area (Å²) >= 11 is 1.43. The highest BCUT2D eigenvalue weighted by Gasteiger charge is 2.28. The van der Waals surface area contributed by atoms with Gasteiger partial charge in [-0.15, -0.1) is 11.8 Å². The van der Waals surface area contributed by atoms with Crippen LogP contribution in [-0.2, 0) is 19.1 Å². The van der Waals surface area contributed by atoms with E-state index in [1.807, 2.05) is 12.1 Å². The highest BCUT2D eigenvalue weighted by Crippen LogP contribution is 2.34. The number of nitrogens with zero attached hydrogens (tertiary/aromatic N) is 2. The van der Waals surface area contributed by atoms with Gasteiger partial charge in [-0.3, -0.25) is 14.4 Å². The topological polar surface area (TPSA) is 87.2 Å². The molecule has 1 aliphatic rings. The summed E-state index contributed by atoms with van der Waals surface area (Å²) in [6.45, 7) is -0.187. The molecule has 0 spiro atoms. The summed E-state index contributed by atoms with van der Waals surface area (Å²) in [5.74, 6) is -1.42. The predicted molar refractivity (Wildman–Crippen MR) is 85.6 cm³/mol. The Labute approximate surface area is 138 Å². The minimum Gasteiger partial charge on any atom is -0.480 e. The first kappa shape index (κ1) is 17.3. The van der Waals surface area contributed by atoms with Crippen LogP contribution in [0, 0.1) is 0 Å². The first-order valence-electron chi connectivity index (χ1n) is 7.03. The Morgan fingerprint density at radius 3 is 2.83 bits per heavy atom. The van der Waals surface area contributed by atoms with Crippen LogP contribution in [0.3, 0.4) is 0 Å². The lowest BCUT2D eigenvalue weighted by molar-refractivity contribution is -0.144. The standard InChI is InChI=1S/C15H18N2O5S/c1-22-7-6-16(9-15(20)21)13(18)8-17-11-4-2-3-5-12(11)23-10-14(17)19/h2-5H,6-10H2,1H3,(H,20,21). The smallest absolute Gasteiger partial charge is 0.323 e. The van der Waals surface area contributed by atoms with Gasteiger partial charge >= 0.3 is 5.97 Å². The van der Waals surface area contributed by atoms with Crippen molar-refractivity contribution in [3.63, 3.8) is 0 Å². The molecule has 1 aliphatic heterocycles. The van der Waals surface area contributed by atoms with Gasteiger partial charge < -0.3 is 19.6 Å². The number of thioether (sulfide) groups is 1. The van der Waals surface area contributed by atoms with Gasteiger partial charge in [-0.1, -0.05) is 12.1 Å². The number of ether oxygens (including phenoxy) is 1. The number of aliphatic carboxylic acids is 1. The molecule has 1 heterocycles. The van der Waals surface area contributed by atoms with E-state index in [9.17, 15) is 14.4 Å². The van der Waals surface area contributed by atoms with Crippen molar-refractivity contribution in [2.45, 2.75) is 4.90 Å². The van der Waals surface area contributed by atoms with Crippen LogP contribution in [0.25, 0.3) is 0 Å². The van der Waals surface area contributed by atoms with Crippen molar-refractivity contribution in [2.75, 3.05) is 44.0 Å². The molecule has 0 atom stereocenters. The third kappa shape index (κ3) is 4.46. The Kier molecular flexibility index (Phi) is 6.00. The fraction of sp³-hybridized carbons (Fsp3) is 0.400. The molecule has 1 N–H and O–H groups in total. The Morgan fingerprint density at radius 1 is 1.39 bits per heavy atom. The molecule has 0 aliphatic carbocycles. The summed E-state index contributed by atoms with van der Waals surface area (Å²) < 4.78 is 4.90. The van der Waals surface area contributed by atoms with Crippen molar-refractivity contribution in [1.29, 1.82) is 0 Å². The van der Waals surface area contributed by atoms with Crippen LogP contribution in [0.15, 0.2) is 29.2 Å². The van der Waals surface area contributed by atoms with E-state index in [0.717, 1.165) is 4.90 Å². The zero-order valence-electron chi connectivity index (χ0n) is 12.7. The summed E-state index contributed by atoms with van der Waals surface area (Å²) in [6.07, 6.45) is 0. The molecule has 0 aromatic heterocycles. The molecule has 0 saturated heterocycles. The van der Waals surface area contributed by atoms with Crippen LogP contribution in [0.2, 0.25) is 0 Å². The molecule has 0 unspecified atom stereocenters. The number of benzene rings is 1. The van der Waals surface area contributed by atoms with E-state index in [4.69, 9.17) is 9.84 Å². The summed E-state index contributed by atoms with van der Waals surface area (Å²) in [5.41, 5.74) is 0.684. The van der Waals surface area contributed by atoms with Crippen LogP contribution in [0.5, 0.6) is 0 Å². The first-order valence-corrected chi connectivity index (χ1v) is 8.02. The highest BCUT2D eigenvalue weighted by molar-refractivity contribution is 8.00. The first-order chi connectivity index (χ1) is 11.0. The number of para-hydroxylation sites is 1. The molecule has 7 nitrogen and oxygen atoms in total. The number of amides is 2. The second kappa shape index (κ2) is 7.98. The van der Waals surface area contributed by atoms with Gasteiger partial charge in [0.25, 0.3) is 0 Å². The quantitative estimate of drug-likeness (QED) is 0.787. The van der Waals surface area contributed by atoms with Crippen LogP contribution in [0.4, 0.5) is 5.69 Å². The number of hydrogen-bond donors (Lipinski definition) is 1. The van der Waals surface area contributed by atoms with Crippen molar-refractivity contribution in [2.24, 2.45) is 0 Å². The van der Waals surface area contributed by atoms with Crippen molar-refractivity contribution >= 4 is 35.2 Å². The van der Waals surface area contributed by atoms with Crippen molar-refractivity contribution in [3.05, 3.63) is 24.3 Å². The predicted octanol–water partition coefficient (Wildman–Crippen LogP) is 0.685. The molecule has 1 aromatic rings. The van der Waals surface area contributed by atoms with Gasteiger partial charge in [0.05, 0.1) is 18.0 Å². The molecular formula is C15H18N2O5S. The van der Waals surface area contributed by atoms with Gasteiger partial charge in [-0.25, -0.2) is 0 Å². The monoisotopic (exact) mass is 338 g/mol. The van der Waals surface area contributed by atoms with Crippen LogP contribution >= 0.6 is 11.8 Å². The second-order valence-corrected chi connectivity index (χ2v) is 5.96. The molecule has 2 rings (SSSR count). The molecule has 0 saturated carbocycles. The van der Waals surface area contributed by atoms with Crippen molar-refractivity contribution in [3.8, 4) is 0 Å².